The van der Waals surface area contributed by atoms with Gasteiger partial charge in [-0.1, -0.05) is 18.2 Å². The van der Waals surface area contributed by atoms with Crippen LogP contribution in [0.15, 0.2) is 53.6 Å². The number of carbonyl (C=O) groups excluding carboxylic acids is 1. The first-order chi connectivity index (χ1) is 13.2. The number of carbonyl (C=O) groups is 1. The van der Waals surface area contributed by atoms with Crippen LogP contribution in [-0.4, -0.2) is 29.3 Å². The van der Waals surface area contributed by atoms with Crippen LogP contribution in [0.25, 0.3) is 10.9 Å². The number of fused-ring (bicyclic) bond motifs is 1. The average molecular weight is 361 g/mol. The summed E-state index contributed by atoms with van der Waals surface area (Å²) in [6.07, 6.45) is 3.74. The number of benzene rings is 2. The number of para-hydroxylation sites is 1. The summed E-state index contributed by atoms with van der Waals surface area (Å²) in [5, 5.41) is 14.5. The number of amides is 1. The fraction of sp³-hybridized carbons (Fsp3) is 0.190. The van der Waals surface area contributed by atoms with Gasteiger partial charge in [-0.15, -0.1) is 0 Å². The van der Waals surface area contributed by atoms with Gasteiger partial charge >= 0.3 is 0 Å². The molecule has 0 saturated heterocycles. The Kier molecular flexibility index (Phi) is 4.46. The van der Waals surface area contributed by atoms with Gasteiger partial charge in [-0.2, -0.15) is 5.10 Å². The van der Waals surface area contributed by atoms with Crippen LogP contribution in [-0.2, 0) is 0 Å². The van der Waals surface area contributed by atoms with Gasteiger partial charge in [-0.05, 0) is 48.7 Å². The van der Waals surface area contributed by atoms with Gasteiger partial charge in [0.15, 0.2) is 11.5 Å². The summed E-state index contributed by atoms with van der Waals surface area (Å²) in [5.74, 6) is 0.570. The van der Waals surface area contributed by atoms with E-state index in [2.05, 4.69) is 15.5 Å². The molecule has 1 aliphatic rings. The molecular weight excluding hydrogens is 342 g/mol. The monoisotopic (exact) mass is 361 g/mol. The number of phenols is 1. The van der Waals surface area contributed by atoms with Crippen molar-refractivity contribution >= 4 is 23.0 Å². The number of phenolic OH excluding ortho intramolecular Hbond substituents is 1. The van der Waals surface area contributed by atoms with Crippen molar-refractivity contribution in [2.45, 2.75) is 18.8 Å². The van der Waals surface area contributed by atoms with Crippen molar-refractivity contribution < 1.29 is 14.6 Å². The standard InChI is InChI=1S/C21H19N3O3/c1-27-20-10-13(6-9-19(20)25)12-22-24-21(26)16-11-18(14-7-8-14)23-17-5-3-2-4-15(16)17/h2-6,9-12,14,25H,7-8H2,1H3,(H,24,26). The Morgan fingerprint density at radius 1 is 1.26 bits per heavy atom. The lowest BCUT2D eigenvalue weighted by Crippen LogP contribution is -2.18. The molecule has 0 atom stereocenters. The van der Waals surface area contributed by atoms with Gasteiger partial charge in [0.1, 0.15) is 0 Å². The van der Waals surface area contributed by atoms with Crippen LogP contribution in [0.4, 0.5) is 0 Å². The third kappa shape index (κ3) is 3.60. The number of ether oxygens (including phenoxy) is 1. The zero-order valence-electron chi connectivity index (χ0n) is 14.8. The second kappa shape index (κ2) is 7.07. The molecule has 1 heterocycles. The van der Waals surface area contributed by atoms with Crippen molar-refractivity contribution in [2.75, 3.05) is 7.11 Å². The van der Waals surface area contributed by atoms with Crippen LogP contribution in [0.3, 0.4) is 0 Å². The van der Waals surface area contributed by atoms with E-state index in [1.54, 1.807) is 12.1 Å². The lowest BCUT2D eigenvalue weighted by molar-refractivity contribution is 0.0956. The predicted molar refractivity (Wildman–Crippen MR) is 103 cm³/mol. The van der Waals surface area contributed by atoms with Crippen LogP contribution in [0.1, 0.15) is 40.4 Å². The van der Waals surface area contributed by atoms with E-state index in [0.29, 0.717) is 22.8 Å². The first kappa shape index (κ1) is 17.0. The van der Waals surface area contributed by atoms with Gasteiger partial charge in [0.25, 0.3) is 5.91 Å². The summed E-state index contributed by atoms with van der Waals surface area (Å²) in [4.78, 5) is 17.4. The van der Waals surface area contributed by atoms with Gasteiger partial charge in [-0.25, -0.2) is 5.43 Å². The molecule has 27 heavy (non-hydrogen) atoms. The van der Waals surface area contributed by atoms with Crippen molar-refractivity contribution in [1.29, 1.82) is 0 Å². The summed E-state index contributed by atoms with van der Waals surface area (Å²) in [5.41, 5.74) is 5.63. The second-order valence-electron chi connectivity index (χ2n) is 6.52. The van der Waals surface area contributed by atoms with Crippen LogP contribution in [0, 0.1) is 0 Å². The molecule has 4 rings (SSSR count). The largest absolute Gasteiger partial charge is 0.504 e. The fourth-order valence-corrected chi connectivity index (χ4v) is 2.97. The number of hydrogen-bond donors (Lipinski definition) is 2. The molecule has 136 valence electrons. The van der Waals surface area contributed by atoms with Crippen molar-refractivity contribution in [3.8, 4) is 11.5 Å². The third-order valence-corrected chi connectivity index (χ3v) is 4.56. The quantitative estimate of drug-likeness (QED) is 0.537. The Morgan fingerprint density at radius 2 is 2.07 bits per heavy atom. The van der Waals surface area contributed by atoms with Gasteiger partial charge in [0, 0.05) is 17.0 Å². The number of aromatic nitrogens is 1. The summed E-state index contributed by atoms with van der Waals surface area (Å²) in [7, 11) is 1.48. The molecule has 2 N–H and O–H groups in total. The molecule has 1 fully saturated rings. The van der Waals surface area contributed by atoms with Gasteiger partial charge < -0.3 is 9.84 Å². The van der Waals surface area contributed by atoms with E-state index in [-0.39, 0.29) is 11.7 Å². The van der Waals surface area contributed by atoms with Crippen molar-refractivity contribution in [3.05, 3.63) is 65.4 Å². The molecule has 0 bridgehead atoms. The zero-order valence-corrected chi connectivity index (χ0v) is 14.8. The molecule has 2 aromatic carbocycles. The highest BCUT2D eigenvalue weighted by Gasteiger charge is 2.26. The number of nitrogens with one attached hydrogen (secondary N) is 1. The number of methoxy groups -OCH3 is 1. The molecule has 1 saturated carbocycles. The van der Waals surface area contributed by atoms with Crippen LogP contribution < -0.4 is 10.2 Å². The molecule has 1 aliphatic carbocycles. The summed E-state index contributed by atoms with van der Waals surface area (Å²) in [6.45, 7) is 0. The number of hydrazone groups is 1. The maximum atomic E-state index is 12.7. The van der Waals surface area contributed by atoms with E-state index in [1.807, 2.05) is 30.3 Å². The molecule has 0 spiro atoms. The molecule has 6 nitrogen and oxygen atoms in total. The Bertz CT molecular complexity index is 1040. The first-order valence-electron chi connectivity index (χ1n) is 8.76. The maximum absolute atomic E-state index is 12.7. The van der Waals surface area contributed by atoms with Crippen molar-refractivity contribution in [3.63, 3.8) is 0 Å². The summed E-state index contributed by atoms with van der Waals surface area (Å²) in [6, 6.07) is 14.3. The van der Waals surface area contributed by atoms with Crippen LogP contribution in [0.5, 0.6) is 11.5 Å². The zero-order chi connectivity index (χ0) is 18.8. The SMILES string of the molecule is COc1cc(C=NNC(=O)c2cc(C3CC3)nc3ccccc23)ccc1O. The normalized spacial score (nSPS) is 13.8. The highest BCUT2D eigenvalue weighted by atomic mass is 16.5. The molecule has 1 aromatic heterocycles. The van der Waals surface area contributed by atoms with Gasteiger partial charge in [0.2, 0.25) is 0 Å². The highest BCUT2D eigenvalue weighted by Crippen LogP contribution is 2.40. The molecule has 3 aromatic rings. The van der Waals surface area contributed by atoms with Crippen molar-refractivity contribution in [2.24, 2.45) is 5.10 Å². The Morgan fingerprint density at radius 3 is 2.85 bits per heavy atom. The Labute approximate surface area is 156 Å². The highest BCUT2D eigenvalue weighted by molar-refractivity contribution is 6.06. The van der Waals surface area contributed by atoms with Gasteiger partial charge in [-0.3, -0.25) is 9.78 Å². The van der Waals surface area contributed by atoms with E-state index >= 15 is 0 Å². The molecule has 6 heteroatoms. The molecule has 0 unspecified atom stereocenters. The summed E-state index contributed by atoms with van der Waals surface area (Å²) >= 11 is 0. The number of pyridine rings is 1. The molecule has 0 aliphatic heterocycles. The van der Waals surface area contributed by atoms with Crippen LogP contribution >= 0.6 is 0 Å². The first-order valence-corrected chi connectivity index (χ1v) is 8.76. The maximum Gasteiger partial charge on any atom is 0.272 e. The van der Waals surface area contributed by atoms with Crippen LogP contribution in [0.2, 0.25) is 0 Å². The molecular formula is C21H19N3O3. The third-order valence-electron chi connectivity index (χ3n) is 4.56. The Balaban J connectivity index is 1.58. The van der Waals surface area contributed by atoms with E-state index < -0.39 is 0 Å². The minimum absolute atomic E-state index is 0.0505. The van der Waals surface area contributed by atoms with Crippen molar-refractivity contribution in [1.82, 2.24) is 10.4 Å². The predicted octanol–water partition coefficient (Wildman–Crippen LogP) is 3.59. The lowest BCUT2D eigenvalue weighted by atomic mass is 10.1. The minimum Gasteiger partial charge on any atom is -0.504 e. The van der Waals surface area contributed by atoms with E-state index in [0.717, 1.165) is 29.4 Å². The Hall–Kier alpha value is -3.41. The number of hydrogen-bond acceptors (Lipinski definition) is 5. The fourth-order valence-electron chi connectivity index (χ4n) is 2.97. The van der Waals surface area contributed by atoms with E-state index in [9.17, 15) is 9.90 Å². The smallest absolute Gasteiger partial charge is 0.272 e. The number of nitrogens with zero attached hydrogens (tertiary/aromatic N) is 2. The minimum atomic E-state index is -0.280. The lowest BCUT2D eigenvalue weighted by Gasteiger charge is -2.08. The molecule has 1 amide bonds. The number of rotatable bonds is 5. The molecule has 0 radical (unpaired) electrons. The summed E-state index contributed by atoms with van der Waals surface area (Å²) < 4.78 is 5.07. The second-order valence-corrected chi connectivity index (χ2v) is 6.52. The van der Waals surface area contributed by atoms with E-state index in [1.165, 1.54) is 19.4 Å². The van der Waals surface area contributed by atoms with Gasteiger partial charge in [0.05, 0.1) is 24.4 Å². The average Bonchev–Trinajstić information content (AvgIpc) is 3.53. The topological polar surface area (TPSA) is 83.8 Å². The number of aromatic hydroxyl groups is 1. The van der Waals surface area contributed by atoms with E-state index in [4.69, 9.17) is 4.74 Å².